The van der Waals surface area contributed by atoms with E-state index >= 15 is 0 Å². The minimum atomic E-state index is -1.12. The lowest BCUT2D eigenvalue weighted by molar-refractivity contribution is -0.119. The number of carbonyl (C=O) groups excluding carboxylic acids is 1. The molecule has 100 valence electrons. The first-order valence-electron chi connectivity index (χ1n) is 5.53. The number of aliphatic hydroxyl groups excluding tert-OH is 1. The van der Waals surface area contributed by atoms with Gasteiger partial charge < -0.3 is 21.3 Å². The van der Waals surface area contributed by atoms with E-state index in [4.69, 9.17) is 21.3 Å². The van der Waals surface area contributed by atoms with E-state index in [0.29, 0.717) is 12.2 Å². The Balaban J connectivity index is 2.49. The number of carbonyl (C=O) groups is 1. The van der Waals surface area contributed by atoms with E-state index in [9.17, 15) is 9.18 Å². The molecular formula is C12H17FN2O3. The molecule has 1 rings (SSSR count). The third-order valence-corrected chi connectivity index (χ3v) is 2.36. The van der Waals surface area contributed by atoms with Crippen molar-refractivity contribution in [1.29, 1.82) is 0 Å². The van der Waals surface area contributed by atoms with Gasteiger partial charge in [-0.3, -0.25) is 4.79 Å². The molecular weight excluding hydrogens is 239 g/mol. The molecule has 1 aromatic carbocycles. The number of aliphatic hydroxyl groups is 1. The summed E-state index contributed by atoms with van der Waals surface area (Å²) in [7, 11) is 0. The fourth-order valence-corrected chi connectivity index (χ4v) is 1.31. The van der Waals surface area contributed by atoms with Gasteiger partial charge in [0.25, 0.3) is 0 Å². The second-order valence-electron chi connectivity index (χ2n) is 3.98. The number of hydrogen-bond acceptors (Lipinski definition) is 4. The van der Waals surface area contributed by atoms with E-state index in [1.807, 2.05) is 0 Å². The minimum Gasteiger partial charge on any atom is -0.491 e. The first-order chi connectivity index (χ1) is 8.52. The molecule has 1 amide bonds. The van der Waals surface area contributed by atoms with Gasteiger partial charge in [-0.25, -0.2) is 4.39 Å². The van der Waals surface area contributed by atoms with Crippen LogP contribution in [0.1, 0.15) is 5.56 Å². The molecule has 2 atom stereocenters. The van der Waals surface area contributed by atoms with E-state index in [0.717, 1.165) is 5.56 Å². The summed E-state index contributed by atoms with van der Waals surface area (Å²) in [6.07, 6.45) is -0.768. The quantitative estimate of drug-likeness (QED) is 0.626. The van der Waals surface area contributed by atoms with E-state index in [1.165, 1.54) is 0 Å². The summed E-state index contributed by atoms with van der Waals surface area (Å²) in [4.78, 5) is 10.8. The Hall–Kier alpha value is -1.66. The summed E-state index contributed by atoms with van der Waals surface area (Å²) >= 11 is 0. The van der Waals surface area contributed by atoms with Crippen LogP contribution in [0.3, 0.4) is 0 Å². The summed E-state index contributed by atoms with van der Waals surface area (Å²) in [6.45, 7) is -0.942. The smallest absolute Gasteiger partial charge is 0.234 e. The van der Waals surface area contributed by atoms with Gasteiger partial charge in [0.2, 0.25) is 5.91 Å². The van der Waals surface area contributed by atoms with Crippen LogP contribution in [-0.2, 0) is 11.2 Å². The van der Waals surface area contributed by atoms with Gasteiger partial charge in [-0.05, 0) is 24.1 Å². The van der Waals surface area contributed by atoms with Crippen LogP contribution >= 0.6 is 0 Å². The van der Waals surface area contributed by atoms with Gasteiger partial charge in [0, 0.05) is 0 Å². The molecule has 0 spiro atoms. The number of alkyl halides is 1. The van der Waals surface area contributed by atoms with E-state index in [2.05, 4.69) is 0 Å². The minimum absolute atomic E-state index is 0.101. The molecule has 18 heavy (non-hydrogen) atoms. The van der Waals surface area contributed by atoms with Crippen LogP contribution < -0.4 is 16.2 Å². The highest BCUT2D eigenvalue weighted by Crippen LogP contribution is 2.13. The van der Waals surface area contributed by atoms with Crippen LogP contribution in [0.25, 0.3) is 0 Å². The maximum atomic E-state index is 12.0. The van der Waals surface area contributed by atoms with Crippen molar-refractivity contribution in [2.45, 2.75) is 18.6 Å². The maximum Gasteiger partial charge on any atom is 0.234 e. The number of amides is 1. The van der Waals surface area contributed by atoms with Crippen LogP contribution in [-0.4, -0.2) is 36.4 Å². The zero-order chi connectivity index (χ0) is 13.5. The molecule has 0 aliphatic carbocycles. The Kier molecular flexibility index (Phi) is 5.54. The molecule has 6 heteroatoms. The average molecular weight is 256 g/mol. The Bertz CT molecular complexity index is 383. The van der Waals surface area contributed by atoms with Crippen molar-refractivity contribution in [3.05, 3.63) is 29.8 Å². The normalized spacial score (nSPS) is 13.9. The molecule has 0 aromatic heterocycles. The first-order valence-corrected chi connectivity index (χ1v) is 5.53. The first kappa shape index (κ1) is 14.4. The molecule has 1 aromatic rings. The molecule has 0 aliphatic rings. The Morgan fingerprint density at radius 2 is 2.00 bits per heavy atom. The van der Waals surface area contributed by atoms with E-state index in [1.54, 1.807) is 24.3 Å². The lowest BCUT2D eigenvalue weighted by atomic mass is 10.1. The maximum absolute atomic E-state index is 12.0. The number of hydrogen-bond donors (Lipinski definition) is 3. The number of ether oxygens (including phenoxy) is 1. The topological polar surface area (TPSA) is 98.6 Å². The fraction of sp³-hybridized carbons (Fsp3) is 0.417. The number of nitrogens with two attached hydrogens (primary N) is 2. The van der Waals surface area contributed by atoms with Gasteiger partial charge in [0.05, 0.1) is 6.04 Å². The molecule has 0 aliphatic heterocycles. The Morgan fingerprint density at radius 3 is 2.50 bits per heavy atom. The molecule has 1 unspecified atom stereocenters. The molecule has 0 radical (unpaired) electrons. The highest BCUT2D eigenvalue weighted by atomic mass is 19.1. The summed E-state index contributed by atoms with van der Waals surface area (Å²) in [5, 5.41) is 8.99. The summed E-state index contributed by atoms with van der Waals surface area (Å²) in [6, 6.07) is 6.08. The monoisotopic (exact) mass is 256 g/mol. The van der Waals surface area contributed by atoms with Crippen LogP contribution in [0.15, 0.2) is 24.3 Å². The van der Waals surface area contributed by atoms with Crippen molar-refractivity contribution < 1.29 is 19.0 Å². The lowest BCUT2D eigenvalue weighted by Gasteiger charge is -2.10. The van der Waals surface area contributed by atoms with Crippen molar-refractivity contribution in [2.75, 3.05) is 13.3 Å². The second-order valence-corrected chi connectivity index (χ2v) is 3.98. The van der Waals surface area contributed by atoms with E-state index in [-0.39, 0.29) is 6.61 Å². The molecule has 0 fully saturated rings. The predicted molar refractivity (Wildman–Crippen MR) is 64.8 cm³/mol. The molecule has 5 nitrogen and oxygen atoms in total. The van der Waals surface area contributed by atoms with Crippen molar-refractivity contribution in [3.8, 4) is 5.75 Å². The number of halogens is 1. The van der Waals surface area contributed by atoms with Crippen molar-refractivity contribution >= 4 is 5.91 Å². The molecule has 5 N–H and O–H groups in total. The second kappa shape index (κ2) is 6.93. The predicted octanol–water partition coefficient (Wildman–Crippen LogP) is -0.249. The highest BCUT2D eigenvalue weighted by molar-refractivity contribution is 5.79. The standard InChI is InChI=1S/C12H17FN2O3/c13-6-9(16)7-18-10-3-1-8(2-4-10)5-11(14)12(15)17/h1-4,9,11,16H,5-7,14H2,(H2,15,17)/t9?,11-/m0/s1. The van der Waals surface area contributed by atoms with Gasteiger partial charge in [-0.15, -0.1) is 0 Å². The van der Waals surface area contributed by atoms with Gasteiger partial charge in [0.15, 0.2) is 0 Å². The third kappa shape index (κ3) is 4.68. The number of benzene rings is 1. The average Bonchev–Trinajstić information content (AvgIpc) is 2.37. The third-order valence-electron chi connectivity index (χ3n) is 2.36. The van der Waals surface area contributed by atoms with Crippen molar-refractivity contribution in [2.24, 2.45) is 11.5 Å². The number of rotatable bonds is 7. The van der Waals surface area contributed by atoms with Gasteiger partial charge in [-0.2, -0.15) is 0 Å². The highest BCUT2D eigenvalue weighted by Gasteiger charge is 2.10. The van der Waals surface area contributed by atoms with Crippen LogP contribution in [0.5, 0.6) is 5.75 Å². The largest absolute Gasteiger partial charge is 0.491 e. The lowest BCUT2D eigenvalue weighted by Crippen LogP contribution is -2.38. The summed E-state index contributed by atoms with van der Waals surface area (Å²) < 4.78 is 17.1. The zero-order valence-electron chi connectivity index (χ0n) is 9.88. The zero-order valence-corrected chi connectivity index (χ0v) is 9.88. The SMILES string of the molecule is NC(=O)[C@@H](N)Cc1ccc(OCC(O)CF)cc1. The Labute approximate surface area is 105 Å². The van der Waals surface area contributed by atoms with Gasteiger partial charge in [-0.1, -0.05) is 12.1 Å². The van der Waals surface area contributed by atoms with Crippen LogP contribution in [0, 0.1) is 0 Å². The van der Waals surface area contributed by atoms with Gasteiger partial charge in [0.1, 0.15) is 25.1 Å². The molecule has 0 heterocycles. The van der Waals surface area contributed by atoms with E-state index < -0.39 is 24.7 Å². The molecule has 0 saturated heterocycles. The summed E-state index contributed by atoms with van der Waals surface area (Å²) in [5.74, 6) is -0.0414. The van der Waals surface area contributed by atoms with Gasteiger partial charge >= 0.3 is 0 Å². The number of primary amides is 1. The molecule has 0 bridgehead atoms. The molecule has 0 saturated carbocycles. The van der Waals surface area contributed by atoms with Crippen LogP contribution in [0.2, 0.25) is 0 Å². The van der Waals surface area contributed by atoms with Crippen LogP contribution in [0.4, 0.5) is 4.39 Å². The Morgan fingerprint density at radius 1 is 1.39 bits per heavy atom. The summed E-state index contributed by atoms with van der Waals surface area (Å²) in [5.41, 5.74) is 11.4. The van der Waals surface area contributed by atoms with Crippen molar-refractivity contribution in [1.82, 2.24) is 0 Å². The fourth-order valence-electron chi connectivity index (χ4n) is 1.31. The van der Waals surface area contributed by atoms with Crippen molar-refractivity contribution in [3.63, 3.8) is 0 Å².